The number of aliphatic carboxylic acids is 1. The maximum absolute atomic E-state index is 12.1. The number of rotatable bonds is 4. The number of nitrogens with zero attached hydrogens (tertiary/aromatic N) is 2. The van der Waals surface area contributed by atoms with Gasteiger partial charge in [0.2, 0.25) is 5.91 Å². The Hall–Kier alpha value is -2.18. The third-order valence-corrected chi connectivity index (χ3v) is 3.97. The quantitative estimate of drug-likeness (QED) is 0.833. The number of carbonyl (C=O) groups excluding carboxylic acids is 1. The molecule has 1 aliphatic rings. The molecule has 0 aliphatic carbocycles. The summed E-state index contributed by atoms with van der Waals surface area (Å²) in [5.74, 6) is -1.71. The van der Waals surface area contributed by atoms with Gasteiger partial charge in [-0.3, -0.25) is 14.2 Å². The Morgan fingerprint density at radius 1 is 1.48 bits per heavy atom. The lowest BCUT2D eigenvalue weighted by Gasteiger charge is -2.20. The van der Waals surface area contributed by atoms with E-state index in [-0.39, 0.29) is 11.9 Å². The van der Waals surface area contributed by atoms with E-state index in [1.165, 1.54) is 4.57 Å². The van der Waals surface area contributed by atoms with Crippen LogP contribution in [0.1, 0.15) is 42.6 Å². The fourth-order valence-corrected chi connectivity index (χ4v) is 2.81. The van der Waals surface area contributed by atoms with Crippen molar-refractivity contribution in [2.24, 2.45) is 0 Å². The standard InChI is InChI=1S/C14H19N3O4/c1-7(13(19)20)12-8(2)15-14(21)17(9(12)3)6-10-4-5-11(18)16-10/h7,10H,4-6H2,1-3H3,(H,16,18)(H,19,20). The molecule has 1 fully saturated rings. The number of aromatic nitrogens is 2. The maximum Gasteiger partial charge on any atom is 0.348 e. The van der Waals surface area contributed by atoms with Crippen LogP contribution in [-0.2, 0) is 16.1 Å². The number of hydrogen-bond donors (Lipinski definition) is 2. The Labute approximate surface area is 122 Å². The number of carboxylic acids is 1. The molecule has 2 unspecified atom stereocenters. The summed E-state index contributed by atoms with van der Waals surface area (Å²) in [6, 6.07) is -0.105. The minimum atomic E-state index is -0.956. The second-order valence-electron chi connectivity index (χ2n) is 5.45. The minimum absolute atomic E-state index is 0.0232. The number of hydrogen-bond acceptors (Lipinski definition) is 4. The van der Waals surface area contributed by atoms with Crippen LogP contribution in [-0.4, -0.2) is 32.6 Å². The fraction of sp³-hybridized carbons (Fsp3) is 0.571. The van der Waals surface area contributed by atoms with Crippen LogP contribution in [0.15, 0.2) is 4.79 Å². The average molecular weight is 293 g/mol. The molecule has 1 saturated heterocycles. The lowest BCUT2D eigenvalue weighted by atomic mass is 9.98. The molecule has 7 heteroatoms. The van der Waals surface area contributed by atoms with E-state index in [0.29, 0.717) is 36.3 Å². The summed E-state index contributed by atoms with van der Waals surface area (Å²) >= 11 is 0. The van der Waals surface area contributed by atoms with Gasteiger partial charge in [-0.1, -0.05) is 0 Å². The molecule has 1 aromatic heterocycles. The lowest BCUT2D eigenvalue weighted by molar-refractivity contribution is -0.138. The third kappa shape index (κ3) is 2.96. The van der Waals surface area contributed by atoms with E-state index in [9.17, 15) is 19.5 Å². The average Bonchev–Trinajstić information content (AvgIpc) is 2.79. The largest absolute Gasteiger partial charge is 0.481 e. The summed E-state index contributed by atoms with van der Waals surface area (Å²) in [6.07, 6.45) is 1.12. The van der Waals surface area contributed by atoms with E-state index in [1.807, 2.05) is 0 Å². The predicted octanol–water partition coefficient (Wildman–Crippen LogP) is 0.327. The Morgan fingerprint density at radius 2 is 2.14 bits per heavy atom. The summed E-state index contributed by atoms with van der Waals surface area (Å²) in [7, 11) is 0. The molecular weight excluding hydrogens is 274 g/mol. The van der Waals surface area contributed by atoms with Crippen molar-refractivity contribution in [3.63, 3.8) is 0 Å². The molecule has 0 aromatic carbocycles. The Morgan fingerprint density at radius 3 is 2.67 bits per heavy atom. The Balaban J connectivity index is 2.41. The smallest absolute Gasteiger partial charge is 0.348 e. The summed E-state index contributed by atoms with van der Waals surface area (Å²) in [6.45, 7) is 5.26. The lowest BCUT2D eigenvalue weighted by Crippen LogP contribution is -2.37. The zero-order valence-electron chi connectivity index (χ0n) is 12.3. The van der Waals surface area contributed by atoms with Crippen molar-refractivity contribution in [2.45, 2.75) is 52.1 Å². The molecular formula is C14H19N3O4. The first kappa shape index (κ1) is 15.2. The van der Waals surface area contributed by atoms with E-state index in [2.05, 4.69) is 10.3 Å². The van der Waals surface area contributed by atoms with Crippen LogP contribution >= 0.6 is 0 Å². The van der Waals surface area contributed by atoms with Crippen molar-refractivity contribution in [3.8, 4) is 0 Å². The van der Waals surface area contributed by atoms with Crippen LogP contribution in [0.5, 0.6) is 0 Å². The van der Waals surface area contributed by atoms with Crippen LogP contribution in [0.2, 0.25) is 0 Å². The van der Waals surface area contributed by atoms with Crippen LogP contribution in [0.4, 0.5) is 0 Å². The Kier molecular flexibility index (Phi) is 4.11. The number of carboxylic acid groups (broad SMARTS) is 1. The van der Waals surface area contributed by atoms with Gasteiger partial charge in [-0.25, -0.2) is 4.79 Å². The second-order valence-corrected chi connectivity index (χ2v) is 5.45. The van der Waals surface area contributed by atoms with Gasteiger partial charge in [0.05, 0.1) is 5.92 Å². The molecule has 0 spiro atoms. The first-order valence-corrected chi connectivity index (χ1v) is 6.91. The van der Waals surface area contributed by atoms with Crippen molar-refractivity contribution in [2.75, 3.05) is 0 Å². The number of carbonyl (C=O) groups is 2. The van der Waals surface area contributed by atoms with Gasteiger partial charge in [0.15, 0.2) is 0 Å². The molecule has 1 aromatic rings. The zero-order chi connectivity index (χ0) is 15.7. The fourth-order valence-electron chi connectivity index (χ4n) is 2.81. The van der Waals surface area contributed by atoms with Gasteiger partial charge in [0, 0.05) is 36.0 Å². The molecule has 1 aliphatic heterocycles. The van der Waals surface area contributed by atoms with Gasteiger partial charge in [-0.05, 0) is 27.2 Å². The molecule has 0 bridgehead atoms. The van der Waals surface area contributed by atoms with Gasteiger partial charge in [0.25, 0.3) is 0 Å². The van der Waals surface area contributed by atoms with Crippen LogP contribution in [0.25, 0.3) is 0 Å². The molecule has 2 N–H and O–H groups in total. The second kappa shape index (κ2) is 5.67. The predicted molar refractivity (Wildman–Crippen MR) is 75.2 cm³/mol. The van der Waals surface area contributed by atoms with Crippen molar-refractivity contribution in [1.82, 2.24) is 14.9 Å². The molecule has 2 rings (SSSR count). The number of amides is 1. The highest BCUT2D eigenvalue weighted by molar-refractivity contribution is 5.78. The van der Waals surface area contributed by atoms with Gasteiger partial charge < -0.3 is 10.4 Å². The zero-order valence-corrected chi connectivity index (χ0v) is 12.3. The third-order valence-electron chi connectivity index (χ3n) is 3.97. The van der Waals surface area contributed by atoms with Crippen molar-refractivity contribution >= 4 is 11.9 Å². The highest BCUT2D eigenvalue weighted by Gasteiger charge is 2.25. The molecule has 7 nitrogen and oxygen atoms in total. The van der Waals surface area contributed by atoms with Crippen molar-refractivity contribution in [3.05, 3.63) is 27.4 Å². The summed E-state index contributed by atoms with van der Waals surface area (Å²) in [5, 5.41) is 12.0. The summed E-state index contributed by atoms with van der Waals surface area (Å²) in [5.41, 5.74) is 1.20. The maximum atomic E-state index is 12.1. The highest BCUT2D eigenvalue weighted by atomic mass is 16.4. The topological polar surface area (TPSA) is 101 Å². The van der Waals surface area contributed by atoms with Crippen molar-refractivity contribution < 1.29 is 14.7 Å². The highest BCUT2D eigenvalue weighted by Crippen LogP contribution is 2.22. The van der Waals surface area contributed by atoms with E-state index in [1.54, 1.807) is 20.8 Å². The molecule has 0 saturated carbocycles. The minimum Gasteiger partial charge on any atom is -0.481 e. The van der Waals surface area contributed by atoms with Crippen LogP contribution in [0.3, 0.4) is 0 Å². The number of nitrogens with one attached hydrogen (secondary N) is 1. The van der Waals surface area contributed by atoms with Gasteiger partial charge in [-0.2, -0.15) is 4.98 Å². The van der Waals surface area contributed by atoms with Crippen molar-refractivity contribution in [1.29, 1.82) is 0 Å². The molecule has 2 atom stereocenters. The van der Waals surface area contributed by atoms with E-state index < -0.39 is 17.6 Å². The van der Waals surface area contributed by atoms with Gasteiger partial charge in [-0.15, -0.1) is 0 Å². The molecule has 21 heavy (non-hydrogen) atoms. The summed E-state index contributed by atoms with van der Waals surface area (Å²) < 4.78 is 1.46. The van der Waals surface area contributed by atoms with E-state index in [0.717, 1.165) is 0 Å². The molecule has 0 radical (unpaired) electrons. The van der Waals surface area contributed by atoms with Gasteiger partial charge >= 0.3 is 11.7 Å². The van der Waals surface area contributed by atoms with Crippen LogP contribution in [0, 0.1) is 13.8 Å². The monoisotopic (exact) mass is 293 g/mol. The van der Waals surface area contributed by atoms with E-state index in [4.69, 9.17) is 0 Å². The van der Waals surface area contributed by atoms with Crippen LogP contribution < -0.4 is 11.0 Å². The summed E-state index contributed by atoms with van der Waals surface area (Å²) in [4.78, 5) is 38.5. The SMILES string of the molecule is Cc1nc(=O)n(CC2CCC(=O)N2)c(C)c1C(C)C(=O)O. The molecule has 1 amide bonds. The molecule has 2 heterocycles. The molecule has 114 valence electrons. The normalized spacial score (nSPS) is 19.4. The van der Waals surface area contributed by atoms with E-state index >= 15 is 0 Å². The number of aryl methyl sites for hydroxylation is 1. The Bertz CT molecular complexity index is 650. The van der Waals surface area contributed by atoms with Gasteiger partial charge in [0.1, 0.15) is 0 Å². The first-order chi connectivity index (χ1) is 9.81. The first-order valence-electron chi connectivity index (χ1n) is 6.91.